The van der Waals surface area contributed by atoms with Crippen molar-refractivity contribution in [1.29, 1.82) is 0 Å². The van der Waals surface area contributed by atoms with Crippen LogP contribution in [0.4, 0.5) is 8.78 Å². The van der Waals surface area contributed by atoms with Gasteiger partial charge in [0.15, 0.2) is 0 Å². The number of alkyl halides is 2. The zero-order valence-electron chi connectivity index (χ0n) is 16.0. The molecule has 2 aromatic heterocycles. The minimum absolute atomic E-state index is 0.0196. The number of rotatable bonds is 7. The van der Waals surface area contributed by atoms with Gasteiger partial charge in [-0.05, 0) is 63.3 Å². The number of pyridine rings is 2. The van der Waals surface area contributed by atoms with Gasteiger partial charge in [0.1, 0.15) is 0 Å². The van der Waals surface area contributed by atoms with E-state index in [1.807, 2.05) is 34.6 Å². The van der Waals surface area contributed by atoms with Gasteiger partial charge < -0.3 is 10.5 Å². The van der Waals surface area contributed by atoms with Crippen LogP contribution in [0.15, 0.2) is 24.5 Å². The Morgan fingerprint density at radius 3 is 2.54 bits per heavy atom. The fraction of sp³-hybridized carbons (Fsp3) is 0.500. The molecule has 0 aliphatic rings. The molecule has 0 bridgehead atoms. The molecule has 142 valence electrons. The number of aromatic nitrogens is 2. The van der Waals surface area contributed by atoms with E-state index in [2.05, 4.69) is 9.97 Å². The summed E-state index contributed by atoms with van der Waals surface area (Å²) < 4.78 is 32.7. The highest BCUT2D eigenvalue weighted by molar-refractivity contribution is 5.68. The molecule has 2 aromatic rings. The molecule has 2 rings (SSSR count). The minimum atomic E-state index is -2.66. The summed E-state index contributed by atoms with van der Waals surface area (Å²) in [5.74, 6) is 0.112. The van der Waals surface area contributed by atoms with E-state index in [0.29, 0.717) is 12.2 Å². The van der Waals surface area contributed by atoms with E-state index in [1.54, 1.807) is 18.5 Å². The van der Waals surface area contributed by atoms with Crippen LogP contribution in [0.5, 0.6) is 5.88 Å². The van der Waals surface area contributed by atoms with Crippen LogP contribution in [0.3, 0.4) is 0 Å². The first-order valence-corrected chi connectivity index (χ1v) is 8.71. The molecule has 0 radical (unpaired) electrons. The quantitative estimate of drug-likeness (QED) is 0.764. The summed E-state index contributed by atoms with van der Waals surface area (Å²) in [7, 11) is 0. The Hall–Kier alpha value is -2.08. The number of halogens is 2. The minimum Gasteiger partial charge on any atom is -0.477 e. The Morgan fingerprint density at radius 1 is 1.23 bits per heavy atom. The SMILES string of the molecule is Cc1nccc(-c2cnc(OCC(C)CC(C)(C)N)c(C(F)F)c2)c1C. The number of hydrogen-bond acceptors (Lipinski definition) is 4. The van der Waals surface area contributed by atoms with E-state index in [1.165, 1.54) is 6.07 Å². The molecule has 2 heterocycles. The molecule has 0 saturated carbocycles. The van der Waals surface area contributed by atoms with Gasteiger partial charge in [-0.2, -0.15) is 0 Å². The molecule has 0 spiro atoms. The molecule has 4 nitrogen and oxygen atoms in total. The van der Waals surface area contributed by atoms with E-state index in [9.17, 15) is 8.78 Å². The fourth-order valence-corrected chi connectivity index (χ4v) is 3.02. The van der Waals surface area contributed by atoms with Crippen LogP contribution >= 0.6 is 0 Å². The average molecular weight is 363 g/mol. The molecule has 0 amide bonds. The van der Waals surface area contributed by atoms with Gasteiger partial charge in [0.2, 0.25) is 5.88 Å². The number of hydrogen-bond donors (Lipinski definition) is 1. The fourth-order valence-electron chi connectivity index (χ4n) is 3.02. The second-order valence-electron chi connectivity index (χ2n) is 7.60. The second-order valence-corrected chi connectivity index (χ2v) is 7.60. The lowest BCUT2D eigenvalue weighted by Crippen LogP contribution is -2.35. The van der Waals surface area contributed by atoms with Crippen LogP contribution in [0.2, 0.25) is 0 Å². The average Bonchev–Trinajstić information content (AvgIpc) is 2.54. The van der Waals surface area contributed by atoms with Crippen LogP contribution in [-0.2, 0) is 0 Å². The number of aryl methyl sites for hydroxylation is 1. The normalized spacial score (nSPS) is 13.1. The Morgan fingerprint density at radius 2 is 1.92 bits per heavy atom. The van der Waals surface area contributed by atoms with Gasteiger partial charge in [-0.3, -0.25) is 4.98 Å². The van der Waals surface area contributed by atoms with Crippen molar-refractivity contribution in [2.24, 2.45) is 11.7 Å². The van der Waals surface area contributed by atoms with Crippen molar-refractivity contribution in [3.05, 3.63) is 41.3 Å². The van der Waals surface area contributed by atoms with E-state index < -0.39 is 6.43 Å². The molecule has 0 fully saturated rings. The summed E-state index contributed by atoms with van der Waals surface area (Å²) in [6.07, 6.45) is 1.30. The Bertz CT molecular complexity index is 757. The van der Waals surface area contributed by atoms with E-state index in [-0.39, 0.29) is 22.9 Å². The highest BCUT2D eigenvalue weighted by Crippen LogP contribution is 2.33. The molecule has 6 heteroatoms. The number of nitrogens with zero attached hydrogens (tertiary/aromatic N) is 2. The van der Waals surface area contributed by atoms with Gasteiger partial charge >= 0.3 is 0 Å². The Kier molecular flexibility index (Phi) is 6.29. The predicted octanol–water partition coefficient (Wildman–Crippen LogP) is 4.84. The van der Waals surface area contributed by atoms with Crippen molar-refractivity contribution in [3.63, 3.8) is 0 Å². The third kappa shape index (κ3) is 5.21. The van der Waals surface area contributed by atoms with Crippen molar-refractivity contribution in [2.75, 3.05) is 6.61 Å². The van der Waals surface area contributed by atoms with Gasteiger partial charge in [0.25, 0.3) is 6.43 Å². The summed E-state index contributed by atoms with van der Waals surface area (Å²) in [6, 6.07) is 3.26. The summed E-state index contributed by atoms with van der Waals surface area (Å²) in [6.45, 7) is 9.94. The highest BCUT2D eigenvalue weighted by atomic mass is 19.3. The van der Waals surface area contributed by atoms with Gasteiger partial charge in [0.05, 0.1) is 12.2 Å². The first-order valence-electron chi connectivity index (χ1n) is 8.71. The van der Waals surface area contributed by atoms with Gasteiger partial charge in [-0.15, -0.1) is 0 Å². The lowest BCUT2D eigenvalue weighted by Gasteiger charge is -2.23. The van der Waals surface area contributed by atoms with Gasteiger partial charge in [0, 0.05) is 29.2 Å². The Labute approximate surface area is 153 Å². The van der Waals surface area contributed by atoms with Crippen LogP contribution < -0.4 is 10.5 Å². The molecule has 0 aromatic carbocycles. The molecule has 0 aliphatic carbocycles. The molecule has 0 aliphatic heterocycles. The van der Waals surface area contributed by atoms with E-state index >= 15 is 0 Å². The molecular weight excluding hydrogens is 336 g/mol. The smallest absolute Gasteiger partial charge is 0.269 e. The monoisotopic (exact) mass is 363 g/mol. The van der Waals surface area contributed by atoms with Crippen LogP contribution in [0, 0.1) is 19.8 Å². The topological polar surface area (TPSA) is 61.0 Å². The van der Waals surface area contributed by atoms with Gasteiger partial charge in [-0.1, -0.05) is 6.92 Å². The van der Waals surface area contributed by atoms with Crippen molar-refractivity contribution in [1.82, 2.24) is 9.97 Å². The van der Waals surface area contributed by atoms with Crippen LogP contribution in [-0.4, -0.2) is 22.1 Å². The Balaban J connectivity index is 2.25. The number of nitrogens with two attached hydrogens (primary N) is 1. The molecule has 1 atom stereocenters. The van der Waals surface area contributed by atoms with Crippen molar-refractivity contribution >= 4 is 0 Å². The van der Waals surface area contributed by atoms with Gasteiger partial charge in [-0.25, -0.2) is 13.8 Å². The molecular formula is C20H27F2N3O. The third-order valence-electron chi connectivity index (χ3n) is 4.26. The third-order valence-corrected chi connectivity index (χ3v) is 4.26. The lowest BCUT2D eigenvalue weighted by atomic mass is 9.93. The van der Waals surface area contributed by atoms with Crippen molar-refractivity contribution < 1.29 is 13.5 Å². The number of ether oxygens (including phenoxy) is 1. The molecule has 0 saturated heterocycles. The second kappa shape index (κ2) is 8.08. The van der Waals surface area contributed by atoms with Crippen LogP contribution in [0.1, 0.15) is 50.4 Å². The molecule has 26 heavy (non-hydrogen) atoms. The summed E-state index contributed by atoms with van der Waals surface area (Å²) in [5, 5.41) is 0. The highest BCUT2D eigenvalue weighted by Gasteiger charge is 2.20. The lowest BCUT2D eigenvalue weighted by molar-refractivity contribution is 0.140. The molecule has 1 unspecified atom stereocenters. The van der Waals surface area contributed by atoms with Crippen molar-refractivity contribution in [2.45, 2.75) is 53.0 Å². The summed E-state index contributed by atoms with van der Waals surface area (Å²) >= 11 is 0. The largest absolute Gasteiger partial charge is 0.477 e. The summed E-state index contributed by atoms with van der Waals surface area (Å²) in [5.41, 5.74) is 8.75. The standard InChI is InChI=1S/C20H27F2N3O/c1-12(9-20(4,5)23)11-26-19-17(18(21)22)8-15(10-25-19)16-6-7-24-14(3)13(16)2/h6-8,10,12,18H,9,11,23H2,1-5H3. The predicted molar refractivity (Wildman–Crippen MR) is 99.4 cm³/mol. The first kappa shape index (κ1) is 20.2. The van der Waals surface area contributed by atoms with E-state index in [4.69, 9.17) is 10.5 Å². The summed E-state index contributed by atoms with van der Waals surface area (Å²) in [4.78, 5) is 8.38. The maximum atomic E-state index is 13.5. The van der Waals surface area contributed by atoms with Crippen LogP contribution in [0.25, 0.3) is 11.1 Å². The molecule has 2 N–H and O–H groups in total. The maximum absolute atomic E-state index is 13.5. The zero-order chi connectivity index (χ0) is 19.5. The van der Waals surface area contributed by atoms with E-state index in [0.717, 1.165) is 23.2 Å². The maximum Gasteiger partial charge on any atom is 0.269 e. The van der Waals surface area contributed by atoms with Crippen molar-refractivity contribution in [3.8, 4) is 17.0 Å². The first-order chi connectivity index (χ1) is 12.1. The zero-order valence-corrected chi connectivity index (χ0v) is 16.0.